The van der Waals surface area contributed by atoms with Crippen LogP contribution in [0.3, 0.4) is 0 Å². The fourth-order valence-corrected chi connectivity index (χ4v) is 4.63. The predicted octanol–water partition coefficient (Wildman–Crippen LogP) is 2.07. The van der Waals surface area contributed by atoms with Crippen LogP contribution < -0.4 is 10.2 Å². The van der Waals surface area contributed by atoms with E-state index in [1.54, 1.807) is 16.5 Å². The number of nitrogens with one attached hydrogen (secondary N) is 1. The van der Waals surface area contributed by atoms with E-state index in [0.717, 1.165) is 5.69 Å². The van der Waals surface area contributed by atoms with E-state index in [1.165, 1.54) is 11.3 Å². The van der Waals surface area contributed by atoms with Gasteiger partial charge in [0.1, 0.15) is 5.60 Å². The molecule has 2 aromatic rings. The zero-order valence-corrected chi connectivity index (χ0v) is 14.0. The number of benzene rings is 1. The summed E-state index contributed by atoms with van der Waals surface area (Å²) < 4.78 is 6.11. The number of thiazole rings is 1. The first kappa shape index (κ1) is 14.8. The highest BCUT2D eigenvalue weighted by atomic mass is 32.1. The molecule has 0 radical (unpaired) electrons. The second-order valence-corrected chi connectivity index (χ2v) is 7.38. The van der Waals surface area contributed by atoms with Crippen LogP contribution in [0.4, 0.5) is 10.8 Å². The first-order chi connectivity index (χ1) is 12.2. The summed E-state index contributed by atoms with van der Waals surface area (Å²) in [5.74, 6) is -1.30. The fourth-order valence-electron chi connectivity index (χ4n) is 4.10. The molecular formula is C18H15N3O3S. The molecule has 2 fully saturated rings. The Hall–Kier alpha value is -2.51. The lowest BCUT2D eigenvalue weighted by Gasteiger charge is -2.22. The highest BCUT2D eigenvalue weighted by molar-refractivity contribution is 7.13. The van der Waals surface area contributed by atoms with Crippen LogP contribution >= 0.6 is 11.3 Å². The van der Waals surface area contributed by atoms with Crippen molar-refractivity contribution in [3.05, 3.63) is 54.1 Å². The van der Waals surface area contributed by atoms with Gasteiger partial charge in [0, 0.05) is 17.3 Å². The summed E-state index contributed by atoms with van der Waals surface area (Å²) >= 11 is 1.35. The number of para-hydroxylation sites is 1. The molecule has 126 valence electrons. The molecule has 1 spiro atoms. The van der Waals surface area contributed by atoms with E-state index in [-0.39, 0.29) is 17.9 Å². The van der Waals surface area contributed by atoms with Gasteiger partial charge in [-0.1, -0.05) is 30.4 Å². The summed E-state index contributed by atoms with van der Waals surface area (Å²) in [5, 5.41) is 5.15. The summed E-state index contributed by atoms with van der Waals surface area (Å²) in [6.07, 6.45) is 5.14. The summed E-state index contributed by atoms with van der Waals surface area (Å²) in [4.78, 5) is 31.7. The molecule has 3 aliphatic rings. The average Bonchev–Trinajstić information content (AvgIpc) is 3.38. The van der Waals surface area contributed by atoms with Gasteiger partial charge in [-0.3, -0.25) is 9.59 Å². The van der Waals surface area contributed by atoms with Gasteiger partial charge in [-0.2, -0.15) is 0 Å². The highest BCUT2D eigenvalue weighted by Crippen LogP contribution is 2.52. The minimum Gasteiger partial charge on any atom is -0.360 e. The van der Waals surface area contributed by atoms with Gasteiger partial charge >= 0.3 is 0 Å². The van der Waals surface area contributed by atoms with Gasteiger partial charge in [-0.25, -0.2) is 4.98 Å². The van der Waals surface area contributed by atoms with E-state index in [2.05, 4.69) is 10.3 Å². The summed E-state index contributed by atoms with van der Waals surface area (Å²) in [7, 11) is 0. The van der Waals surface area contributed by atoms with Crippen LogP contribution in [-0.4, -0.2) is 35.0 Å². The van der Waals surface area contributed by atoms with Gasteiger partial charge in [-0.15, -0.1) is 11.3 Å². The molecule has 6 nitrogen and oxygen atoms in total. The number of nitrogens with zero attached hydrogens (tertiary/aromatic N) is 2. The largest absolute Gasteiger partial charge is 0.360 e. The molecule has 0 unspecified atom stereocenters. The van der Waals surface area contributed by atoms with Crippen molar-refractivity contribution in [2.45, 2.75) is 11.7 Å². The Morgan fingerprint density at radius 3 is 2.96 bits per heavy atom. The number of carbonyl (C=O) groups excluding carboxylic acids is 2. The predicted molar refractivity (Wildman–Crippen MR) is 93.3 cm³/mol. The quantitative estimate of drug-likeness (QED) is 0.858. The van der Waals surface area contributed by atoms with Crippen molar-refractivity contribution in [3.63, 3.8) is 0 Å². The Bertz CT molecular complexity index is 867. The third-order valence-corrected chi connectivity index (χ3v) is 5.82. The third kappa shape index (κ3) is 2.09. The van der Waals surface area contributed by atoms with Crippen molar-refractivity contribution in [2.24, 2.45) is 11.8 Å². The normalized spacial score (nSPS) is 32.2. The second-order valence-electron chi connectivity index (χ2n) is 6.49. The van der Waals surface area contributed by atoms with Crippen molar-refractivity contribution in [1.29, 1.82) is 0 Å². The third-order valence-electron chi connectivity index (χ3n) is 5.13. The van der Waals surface area contributed by atoms with E-state index < -0.39 is 17.4 Å². The maximum absolute atomic E-state index is 13.1. The number of fused-ring (bicyclic) bond motifs is 1. The van der Waals surface area contributed by atoms with Crippen LogP contribution in [-0.2, 0) is 14.3 Å². The molecule has 7 heteroatoms. The van der Waals surface area contributed by atoms with Crippen LogP contribution in [0.25, 0.3) is 0 Å². The molecule has 3 aliphatic heterocycles. The molecule has 1 aromatic heterocycles. The first-order valence-corrected chi connectivity index (χ1v) is 9.00. The monoisotopic (exact) mass is 353 g/mol. The molecule has 2 amide bonds. The van der Waals surface area contributed by atoms with Crippen LogP contribution in [0.1, 0.15) is 0 Å². The van der Waals surface area contributed by atoms with E-state index in [1.807, 2.05) is 42.5 Å². The van der Waals surface area contributed by atoms with Crippen molar-refractivity contribution < 1.29 is 14.3 Å². The molecule has 25 heavy (non-hydrogen) atoms. The number of rotatable bonds is 3. The molecule has 4 atom stereocenters. The van der Waals surface area contributed by atoms with E-state index in [0.29, 0.717) is 11.7 Å². The Morgan fingerprint density at radius 1 is 1.36 bits per heavy atom. The second kappa shape index (κ2) is 5.24. The van der Waals surface area contributed by atoms with Gasteiger partial charge in [-0.05, 0) is 12.1 Å². The zero-order chi connectivity index (χ0) is 17.0. The number of amides is 2. The number of hydrogen-bond acceptors (Lipinski definition) is 5. The number of aromatic nitrogens is 1. The van der Waals surface area contributed by atoms with Crippen molar-refractivity contribution >= 4 is 34.0 Å². The molecule has 1 N–H and O–H groups in total. The van der Waals surface area contributed by atoms with Crippen molar-refractivity contribution in [3.8, 4) is 0 Å². The van der Waals surface area contributed by atoms with Gasteiger partial charge in [0.25, 0.3) is 0 Å². The molecule has 1 aromatic carbocycles. The molecule has 0 saturated carbocycles. The SMILES string of the molecule is O=C(Nc1nccs1)[C@H]1[C@H]2C(=O)N(c3ccccc3)C[C@]23C=C[C@H]1O3. The lowest BCUT2D eigenvalue weighted by molar-refractivity contribution is -0.128. The van der Waals surface area contributed by atoms with Gasteiger partial charge in [0.15, 0.2) is 5.13 Å². The first-order valence-electron chi connectivity index (χ1n) is 8.12. The average molecular weight is 353 g/mol. The van der Waals surface area contributed by atoms with Gasteiger partial charge in [0.05, 0.1) is 24.5 Å². The Labute approximate surface area is 148 Å². The Balaban J connectivity index is 1.47. The van der Waals surface area contributed by atoms with Crippen LogP contribution in [0.15, 0.2) is 54.1 Å². The molecule has 2 saturated heterocycles. The minimum absolute atomic E-state index is 0.0580. The van der Waals surface area contributed by atoms with E-state index in [4.69, 9.17) is 4.74 Å². The van der Waals surface area contributed by atoms with Crippen molar-refractivity contribution in [2.75, 3.05) is 16.8 Å². The zero-order valence-electron chi connectivity index (χ0n) is 13.2. The van der Waals surface area contributed by atoms with Crippen LogP contribution in [0, 0.1) is 11.8 Å². The molecular weight excluding hydrogens is 338 g/mol. The van der Waals surface area contributed by atoms with Crippen molar-refractivity contribution in [1.82, 2.24) is 4.98 Å². The molecule has 5 rings (SSSR count). The van der Waals surface area contributed by atoms with Crippen LogP contribution in [0.5, 0.6) is 0 Å². The Morgan fingerprint density at radius 2 is 2.20 bits per heavy atom. The highest BCUT2D eigenvalue weighted by Gasteiger charge is 2.67. The number of carbonyl (C=O) groups is 2. The number of anilines is 2. The van der Waals surface area contributed by atoms with E-state index >= 15 is 0 Å². The molecule has 4 heterocycles. The summed E-state index contributed by atoms with van der Waals surface area (Å²) in [6, 6.07) is 9.51. The lowest BCUT2D eigenvalue weighted by atomic mass is 9.77. The molecule has 0 aliphatic carbocycles. The Kier molecular flexibility index (Phi) is 3.10. The summed E-state index contributed by atoms with van der Waals surface area (Å²) in [6.45, 7) is 0.439. The van der Waals surface area contributed by atoms with Gasteiger partial charge < -0.3 is 15.0 Å². The summed E-state index contributed by atoms with van der Waals surface area (Å²) in [5.41, 5.74) is 0.124. The number of hydrogen-bond donors (Lipinski definition) is 1. The van der Waals surface area contributed by atoms with Gasteiger partial charge in [0.2, 0.25) is 11.8 Å². The minimum atomic E-state index is -0.706. The maximum atomic E-state index is 13.1. The lowest BCUT2D eigenvalue weighted by Crippen LogP contribution is -2.41. The smallest absolute Gasteiger partial charge is 0.234 e. The van der Waals surface area contributed by atoms with E-state index in [9.17, 15) is 9.59 Å². The topological polar surface area (TPSA) is 71.5 Å². The van der Waals surface area contributed by atoms with Crippen LogP contribution in [0.2, 0.25) is 0 Å². The standard InChI is InChI=1S/C18H15N3O3S/c22-15(20-17-19-8-9-25-17)13-12-6-7-18(24-12)10-21(16(23)14(13)18)11-4-2-1-3-5-11/h1-9,12-14H,10H2,(H,19,20,22)/t12-,13-,14+,18-/m1/s1. The maximum Gasteiger partial charge on any atom is 0.234 e. The fraction of sp³-hybridized carbons (Fsp3) is 0.278. The molecule has 2 bridgehead atoms. The number of ether oxygens (including phenoxy) is 1.